The molecule has 6 atom stereocenters. The van der Waals surface area contributed by atoms with Crippen molar-refractivity contribution >= 4 is 29.1 Å². The van der Waals surface area contributed by atoms with E-state index >= 15 is 0 Å². The SMILES string of the molecule is C[C@]12CC/C(=N\O[C@H]3CCNC3)C=C1/C(=N/O)C[C@@H]1[C@@H]2CC[C@]2(C)C(=O)CC[C@@H]12.O=C(O)/C=C/C(=O)O. The smallest absolute Gasteiger partial charge is 0.328 e. The molecule has 10 nitrogen and oxygen atoms in total. The molecule has 4 N–H and O–H groups in total. The number of allylic oxidation sites excluding steroid dienone is 2. The van der Waals surface area contributed by atoms with Gasteiger partial charge in [0.25, 0.3) is 0 Å². The third kappa shape index (κ3) is 5.35. The van der Waals surface area contributed by atoms with E-state index < -0.39 is 11.9 Å². The summed E-state index contributed by atoms with van der Waals surface area (Å²) in [5.74, 6) is -0.652. The molecule has 0 aromatic heterocycles. The van der Waals surface area contributed by atoms with Gasteiger partial charge < -0.3 is 25.6 Å². The number of fused-ring (bicyclic) bond motifs is 5. The monoisotopic (exact) mass is 515 g/mol. The van der Waals surface area contributed by atoms with Crippen molar-refractivity contribution in [3.05, 3.63) is 23.8 Å². The summed E-state index contributed by atoms with van der Waals surface area (Å²) in [6, 6.07) is 0. The number of nitrogens with zero attached hydrogens (tertiary/aromatic N) is 2. The lowest BCUT2D eigenvalue weighted by atomic mass is 9.47. The largest absolute Gasteiger partial charge is 0.478 e. The van der Waals surface area contributed by atoms with Crippen LogP contribution in [0.5, 0.6) is 0 Å². The highest BCUT2D eigenvalue weighted by Crippen LogP contribution is 2.63. The van der Waals surface area contributed by atoms with Crippen LogP contribution in [-0.2, 0) is 19.2 Å². The van der Waals surface area contributed by atoms with E-state index in [-0.39, 0.29) is 16.9 Å². The third-order valence-corrected chi connectivity index (χ3v) is 9.35. The number of carbonyl (C=O) groups excluding carboxylic acids is 1. The lowest BCUT2D eigenvalue weighted by molar-refractivity contribution is -0.134. The number of hydrogen-bond donors (Lipinski definition) is 4. The molecule has 5 rings (SSSR count). The Morgan fingerprint density at radius 1 is 1.05 bits per heavy atom. The van der Waals surface area contributed by atoms with E-state index in [1.54, 1.807) is 0 Å². The number of ketones is 1. The lowest BCUT2D eigenvalue weighted by Crippen LogP contribution is -2.53. The second kappa shape index (κ2) is 10.8. The molecule has 4 fully saturated rings. The predicted octanol–water partition coefficient (Wildman–Crippen LogP) is 3.40. The van der Waals surface area contributed by atoms with Crippen LogP contribution in [0.25, 0.3) is 0 Å². The number of carboxylic acid groups (broad SMARTS) is 2. The van der Waals surface area contributed by atoms with E-state index in [1.165, 1.54) is 0 Å². The molecular weight excluding hydrogens is 478 g/mol. The summed E-state index contributed by atoms with van der Waals surface area (Å²) in [6.07, 6.45) is 10.9. The summed E-state index contributed by atoms with van der Waals surface area (Å²) in [5.41, 5.74) is 2.73. The molecule has 10 heteroatoms. The number of hydrogen-bond acceptors (Lipinski definition) is 8. The fourth-order valence-electron chi connectivity index (χ4n) is 7.36. The van der Waals surface area contributed by atoms with Crippen molar-refractivity contribution in [2.45, 2.75) is 71.3 Å². The molecule has 0 aromatic rings. The summed E-state index contributed by atoms with van der Waals surface area (Å²) in [4.78, 5) is 37.5. The van der Waals surface area contributed by atoms with Crippen LogP contribution in [0.2, 0.25) is 0 Å². The maximum atomic E-state index is 12.6. The maximum absolute atomic E-state index is 12.6. The van der Waals surface area contributed by atoms with Crippen LogP contribution in [-0.4, -0.2) is 63.8 Å². The molecule has 0 aromatic carbocycles. The minimum Gasteiger partial charge on any atom is -0.478 e. The Kier molecular flexibility index (Phi) is 7.87. The van der Waals surface area contributed by atoms with Crippen LogP contribution in [0.15, 0.2) is 34.1 Å². The molecule has 1 heterocycles. The number of Topliss-reactive ketones (excluding diaryl/α,β-unsaturated/α-hetero) is 1. The highest BCUT2D eigenvalue weighted by atomic mass is 16.6. The molecule has 0 radical (unpaired) electrons. The van der Waals surface area contributed by atoms with Crippen LogP contribution in [0.1, 0.15) is 65.2 Å². The lowest BCUT2D eigenvalue weighted by Gasteiger charge is -2.56. The van der Waals surface area contributed by atoms with Gasteiger partial charge in [0.15, 0.2) is 0 Å². The van der Waals surface area contributed by atoms with Gasteiger partial charge in [-0.15, -0.1) is 0 Å². The number of aliphatic carboxylic acids is 2. The maximum Gasteiger partial charge on any atom is 0.328 e. The number of nitrogens with one attached hydrogen (secondary N) is 1. The van der Waals surface area contributed by atoms with Gasteiger partial charge in [-0.2, -0.15) is 0 Å². The molecule has 1 aliphatic heterocycles. The van der Waals surface area contributed by atoms with E-state index in [2.05, 4.69) is 35.6 Å². The summed E-state index contributed by atoms with van der Waals surface area (Å²) >= 11 is 0. The first-order valence-electron chi connectivity index (χ1n) is 13.1. The summed E-state index contributed by atoms with van der Waals surface area (Å²) < 4.78 is 0. The van der Waals surface area contributed by atoms with Gasteiger partial charge in [-0.1, -0.05) is 24.2 Å². The fraction of sp³-hybridized carbons (Fsp3) is 0.667. The Labute approximate surface area is 216 Å². The molecule has 3 saturated carbocycles. The van der Waals surface area contributed by atoms with E-state index in [0.29, 0.717) is 35.7 Å². The van der Waals surface area contributed by atoms with Crippen LogP contribution in [0.3, 0.4) is 0 Å². The number of carboxylic acids is 2. The molecule has 1 saturated heterocycles. The quantitative estimate of drug-likeness (QED) is 0.252. The normalized spacial score (nSPS) is 38.9. The standard InChI is InChI=1S/C23H33N3O3.C4H4O4/c1-22-8-5-14(26-29-15-7-10-24-13-15)11-19(22)20(25-28)12-16-17-3-4-21(27)23(17,2)9-6-18(16)22;5-3(6)1-2-4(7)8/h11,15-18,24,28H,3-10,12-13H2,1-2H3;1-2H,(H,5,6)(H,7,8)/b25-20+,26-14+;2-1+/t15-,16-,17-,18-,22+,23-;/m0./s1. The van der Waals surface area contributed by atoms with E-state index in [9.17, 15) is 19.6 Å². The zero-order chi connectivity index (χ0) is 26.8. The van der Waals surface area contributed by atoms with Crippen molar-refractivity contribution in [2.24, 2.45) is 38.9 Å². The summed E-state index contributed by atoms with van der Waals surface area (Å²) in [6.45, 7) is 6.38. The molecule has 4 aliphatic carbocycles. The van der Waals surface area contributed by atoms with Crippen molar-refractivity contribution in [1.29, 1.82) is 0 Å². The van der Waals surface area contributed by atoms with Gasteiger partial charge in [-0.05, 0) is 79.9 Å². The molecule has 37 heavy (non-hydrogen) atoms. The van der Waals surface area contributed by atoms with E-state index in [1.807, 2.05) is 0 Å². The predicted molar refractivity (Wildman–Crippen MR) is 136 cm³/mol. The van der Waals surface area contributed by atoms with Crippen LogP contribution >= 0.6 is 0 Å². The summed E-state index contributed by atoms with van der Waals surface area (Å²) in [7, 11) is 0. The highest BCUT2D eigenvalue weighted by molar-refractivity contribution is 6.10. The average molecular weight is 516 g/mol. The molecule has 0 bridgehead atoms. The third-order valence-electron chi connectivity index (χ3n) is 9.35. The molecule has 0 amide bonds. The Morgan fingerprint density at radius 2 is 1.76 bits per heavy atom. The van der Waals surface area contributed by atoms with Crippen LogP contribution < -0.4 is 5.32 Å². The summed E-state index contributed by atoms with van der Waals surface area (Å²) in [5, 5.41) is 37.0. The first kappa shape index (κ1) is 27.0. The van der Waals surface area contributed by atoms with Gasteiger partial charge in [0.05, 0.1) is 11.4 Å². The highest BCUT2D eigenvalue weighted by Gasteiger charge is 2.60. The first-order valence-corrected chi connectivity index (χ1v) is 13.1. The zero-order valence-electron chi connectivity index (χ0n) is 21.5. The van der Waals surface area contributed by atoms with Crippen LogP contribution in [0, 0.1) is 28.6 Å². The second-order valence-corrected chi connectivity index (χ2v) is 11.3. The van der Waals surface area contributed by atoms with E-state index in [4.69, 9.17) is 15.1 Å². The first-order chi connectivity index (χ1) is 17.6. The molecular formula is C27H37N3O7. The van der Waals surface area contributed by atoms with Gasteiger partial charge in [-0.3, -0.25) is 4.79 Å². The Hall–Kier alpha value is -3.01. The molecule has 5 aliphatic rings. The molecule has 0 unspecified atom stereocenters. The van der Waals surface area contributed by atoms with E-state index in [0.717, 1.165) is 81.5 Å². The minimum atomic E-state index is -1.26. The van der Waals surface area contributed by atoms with Gasteiger partial charge in [0.1, 0.15) is 11.9 Å². The van der Waals surface area contributed by atoms with Crippen molar-refractivity contribution < 1.29 is 34.6 Å². The van der Waals surface area contributed by atoms with Gasteiger partial charge >= 0.3 is 11.9 Å². The topological polar surface area (TPSA) is 158 Å². The Balaban J connectivity index is 0.000000349. The minimum absolute atomic E-state index is 0.00855. The average Bonchev–Trinajstić information content (AvgIpc) is 3.49. The van der Waals surface area contributed by atoms with Crippen molar-refractivity contribution in [1.82, 2.24) is 5.32 Å². The number of oxime groups is 2. The van der Waals surface area contributed by atoms with Gasteiger partial charge in [0, 0.05) is 37.0 Å². The number of carbonyl (C=O) groups is 3. The fourth-order valence-corrected chi connectivity index (χ4v) is 7.36. The molecule has 0 spiro atoms. The number of rotatable bonds is 4. The van der Waals surface area contributed by atoms with Crippen molar-refractivity contribution in [3.63, 3.8) is 0 Å². The second-order valence-electron chi connectivity index (χ2n) is 11.3. The van der Waals surface area contributed by atoms with Gasteiger partial charge in [-0.25, -0.2) is 9.59 Å². The van der Waals surface area contributed by atoms with Crippen LogP contribution in [0.4, 0.5) is 0 Å². The van der Waals surface area contributed by atoms with Crippen molar-refractivity contribution in [2.75, 3.05) is 13.1 Å². The molecule has 202 valence electrons. The van der Waals surface area contributed by atoms with Gasteiger partial charge in [0.2, 0.25) is 0 Å². The Bertz CT molecular complexity index is 1040. The zero-order valence-corrected chi connectivity index (χ0v) is 21.5. The van der Waals surface area contributed by atoms with Crippen molar-refractivity contribution in [3.8, 4) is 0 Å². The Morgan fingerprint density at radius 3 is 2.38 bits per heavy atom.